The monoisotopic (exact) mass is 284 g/mol. The Morgan fingerprint density at radius 1 is 1.10 bits per heavy atom. The second-order valence-corrected chi connectivity index (χ2v) is 6.42. The predicted molar refractivity (Wildman–Crippen MR) is 81.0 cm³/mol. The Bertz CT molecular complexity index is 700. The highest BCUT2D eigenvalue weighted by molar-refractivity contribution is 7.16. The van der Waals surface area contributed by atoms with Crippen molar-refractivity contribution < 1.29 is 4.79 Å². The minimum Gasteiger partial charge on any atom is -0.338 e. The van der Waals surface area contributed by atoms with Crippen LogP contribution < -0.4 is 0 Å². The molecule has 1 aliphatic carbocycles. The standard InChI is InChI=1S/C16H16N2OS/c19-16(13-3-4-14-15(9-13)20-10-17-14)18-7-5-12(6-8-18)11-1-2-11/h3-4,9-10H,1-2,5-8H2. The molecule has 0 bridgehead atoms. The molecule has 20 heavy (non-hydrogen) atoms. The highest BCUT2D eigenvalue weighted by Crippen LogP contribution is 2.36. The largest absolute Gasteiger partial charge is 0.338 e. The van der Waals surface area contributed by atoms with E-state index < -0.39 is 0 Å². The van der Waals surface area contributed by atoms with Gasteiger partial charge in [-0.2, -0.15) is 0 Å². The fourth-order valence-electron chi connectivity index (χ4n) is 2.92. The van der Waals surface area contributed by atoms with Crippen LogP contribution in [0.25, 0.3) is 10.2 Å². The SMILES string of the molecule is O=C(c1ccc2ncsc2c1)N1CCC(=C2CC2)CC1. The first kappa shape index (κ1) is 12.1. The number of hydrogen-bond acceptors (Lipinski definition) is 3. The quantitative estimate of drug-likeness (QED) is 0.749. The first-order valence-corrected chi connectivity index (χ1v) is 8.01. The number of nitrogens with zero attached hydrogens (tertiary/aromatic N) is 2. The molecule has 1 aliphatic heterocycles. The Morgan fingerprint density at radius 2 is 1.85 bits per heavy atom. The van der Waals surface area contributed by atoms with Crippen molar-refractivity contribution in [3.05, 3.63) is 40.4 Å². The highest BCUT2D eigenvalue weighted by atomic mass is 32.1. The maximum Gasteiger partial charge on any atom is 0.253 e. The second kappa shape index (κ2) is 4.70. The number of carbonyl (C=O) groups excluding carboxylic acids is 1. The third-order valence-corrected chi connectivity index (χ3v) is 5.02. The van der Waals surface area contributed by atoms with Gasteiger partial charge in [0, 0.05) is 18.7 Å². The molecule has 1 amide bonds. The summed E-state index contributed by atoms with van der Waals surface area (Å²) in [6.45, 7) is 1.75. The molecule has 1 aromatic carbocycles. The normalized spacial score (nSPS) is 18.7. The van der Waals surface area contributed by atoms with Gasteiger partial charge in [0.05, 0.1) is 15.7 Å². The van der Waals surface area contributed by atoms with E-state index in [0.29, 0.717) is 0 Å². The summed E-state index contributed by atoms with van der Waals surface area (Å²) in [4.78, 5) is 18.8. The average Bonchev–Trinajstić information content (AvgIpc) is 3.24. The number of hydrogen-bond donors (Lipinski definition) is 0. The molecule has 1 aromatic heterocycles. The van der Waals surface area contributed by atoms with Gasteiger partial charge < -0.3 is 4.90 Å². The molecule has 4 rings (SSSR count). The lowest BCUT2D eigenvalue weighted by molar-refractivity contribution is 0.0743. The molecular formula is C16H16N2OS. The third-order valence-electron chi connectivity index (χ3n) is 4.23. The van der Waals surface area contributed by atoms with Crippen LogP contribution in [0.4, 0.5) is 0 Å². The Morgan fingerprint density at radius 3 is 2.60 bits per heavy atom. The van der Waals surface area contributed by atoms with E-state index in [-0.39, 0.29) is 5.91 Å². The van der Waals surface area contributed by atoms with Crippen molar-refractivity contribution in [1.82, 2.24) is 9.88 Å². The first-order chi connectivity index (χ1) is 9.81. The van der Waals surface area contributed by atoms with E-state index in [9.17, 15) is 4.79 Å². The van der Waals surface area contributed by atoms with E-state index in [4.69, 9.17) is 0 Å². The molecule has 0 N–H and O–H groups in total. The number of amides is 1. The minimum absolute atomic E-state index is 0.167. The van der Waals surface area contributed by atoms with Crippen LogP contribution in [0.15, 0.2) is 34.9 Å². The molecule has 0 unspecified atom stereocenters. The summed E-state index contributed by atoms with van der Waals surface area (Å²) in [5.74, 6) is 0.167. The summed E-state index contributed by atoms with van der Waals surface area (Å²) < 4.78 is 1.09. The molecule has 102 valence electrons. The van der Waals surface area contributed by atoms with Crippen molar-refractivity contribution in [2.45, 2.75) is 25.7 Å². The van der Waals surface area contributed by atoms with Gasteiger partial charge in [0.25, 0.3) is 5.91 Å². The minimum atomic E-state index is 0.167. The molecule has 1 saturated heterocycles. The summed E-state index contributed by atoms with van der Waals surface area (Å²) in [5.41, 5.74) is 6.87. The van der Waals surface area contributed by atoms with Crippen LogP contribution in [0.5, 0.6) is 0 Å². The summed E-state index contributed by atoms with van der Waals surface area (Å²) in [6.07, 6.45) is 4.74. The molecule has 2 aliphatic rings. The first-order valence-electron chi connectivity index (χ1n) is 7.13. The molecule has 0 atom stereocenters. The topological polar surface area (TPSA) is 33.2 Å². The molecule has 0 spiro atoms. The van der Waals surface area contributed by atoms with E-state index in [0.717, 1.165) is 41.7 Å². The fraction of sp³-hybridized carbons (Fsp3) is 0.375. The third kappa shape index (κ3) is 2.14. The lowest BCUT2D eigenvalue weighted by Gasteiger charge is -2.28. The van der Waals surface area contributed by atoms with Crippen LogP contribution in [0.2, 0.25) is 0 Å². The molecule has 2 heterocycles. The number of likely N-dealkylation sites (tertiary alicyclic amines) is 1. The maximum absolute atomic E-state index is 12.6. The Labute approximate surface area is 121 Å². The van der Waals surface area contributed by atoms with Gasteiger partial charge in [-0.3, -0.25) is 4.79 Å². The van der Waals surface area contributed by atoms with Gasteiger partial charge in [-0.15, -0.1) is 11.3 Å². The Balaban J connectivity index is 1.53. The predicted octanol–water partition coefficient (Wildman–Crippen LogP) is 3.62. The zero-order valence-electron chi connectivity index (χ0n) is 11.3. The van der Waals surface area contributed by atoms with E-state index >= 15 is 0 Å². The Kier molecular flexibility index (Phi) is 2.84. The summed E-state index contributed by atoms with van der Waals surface area (Å²) in [5, 5.41) is 0. The number of fused-ring (bicyclic) bond motifs is 1. The van der Waals surface area contributed by atoms with Gasteiger partial charge in [-0.1, -0.05) is 11.1 Å². The Hall–Kier alpha value is -1.68. The number of thiazole rings is 1. The van der Waals surface area contributed by atoms with Crippen LogP contribution in [0, 0.1) is 0 Å². The van der Waals surface area contributed by atoms with Gasteiger partial charge in [-0.05, 0) is 43.9 Å². The van der Waals surface area contributed by atoms with Crippen molar-refractivity contribution in [2.24, 2.45) is 0 Å². The number of carbonyl (C=O) groups is 1. The summed E-state index contributed by atoms with van der Waals surface area (Å²) in [6, 6.07) is 5.82. The van der Waals surface area contributed by atoms with Crippen molar-refractivity contribution >= 4 is 27.5 Å². The highest BCUT2D eigenvalue weighted by Gasteiger charge is 2.25. The molecule has 2 fully saturated rings. The summed E-state index contributed by atoms with van der Waals surface area (Å²) >= 11 is 1.59. The van der Waals surface area contributed by atoms with E-state index in [2.05, 4.69) is 4.98 Å². The zero-order valence-corrected chi connectivity index (χ0v) is 12.1. The van der Waals surface area contributed by atoms with Crippen LogP contribution in [0.3, 0.4) is 0 Å². The lowest BCUT2D eigenvalue weighted by Crippen LogP contribution is -2.36. The second-order valence-electron chi connectivity index (χ2n) is 5.53. The average molecular weight is 284 g/mol. The molecular weight excluding hydrogens is 268 g/mol. The van der Waals surface area contributed by atoms with Crippen LogP contribution in [0.1, 0.15) is 36.0 Å². The van der Waals surface area contributed by atoms with Gasteiger partial charge in [0.1, 0.15) is 0 Å². The fourth-order valence-corrected chi connectivity index (χ4v) is 3.64. The molecule has 4 heteroatoms. The van der Waals surface area contributed by atoms with Crippen LogP contribution in [-0.2, 0) is 0 Å². The van der Waals surface area contributed by atoms with Gasteiger partial charge in [-0.25, -0.2) is 4.98 Å². The van der Waals surface area contributed by atoms with Crippen molar-refractivity contribution in [3.63, 3.8) is 0 Å². The van der Waals surface area contributed by atoms with E-state index in [1.54, 1.807) is 22.5 Å². The molecule has 0 radical (unpaired) electrons. The number of allylic oxidation sites excluding steroid dienone is 1. The van der Waals surface area contributed by atoms with Crippen LogP contribution in [-0.4, -0.2) is 28.9 Å². The number of aromatic nitrogens is 1. The van der Waals surface area contributed by atoms with E-state index in [1.807, 2.05) is 28.6 Å². The van der Waals surface area contributed by atoms with Crippen molar-refractivity contribution in [1.29, 1.82) is 0 Å². The number of benzene rings is 1. The zero-order chi connectivity index (χ0) is 13.5. The smallest absolute Gasteiger partial charge is 0.253 e. The van der Waals surface area contributed by atoms with Crippen LogP contribution >= 0.6 is 11.3 Å². The van der Waals surface area contributed by atoms with Gasteiger partial charge in [0.15, 0.2) is 0 Å². The van der Waals surface area contributed by atoms with Gasteiger partial charge >= 0.3 is 0 Å². The van der Waals surface area contributed by atoms with Crippen molar-refractivity contribution in [2.75, 3.05) is 13.1 Å². The maximum atomic E-state index is 12.6. The molecule has 2 aromatic rings. The molecule has 3 nitrogen and oxygen atoms in total. The van der Waals surface area contributed by atoms with Gasteiger partial charge in [0.2, 0.25) is 0 Å². The number of piperidine rings is 1. The number of rotatable bonds is 1. The summed E-state index contributed by atoms with van der Waals surface area (Å²) in [7, 11) is 0. The molecule has 1 saturated carbocycles. The lowest BCUT2D eigenvalue weighted by atomic mass is 10.0. The van der Waals surface area contributed by atoms with E-state index in [1.165, 1.54) is 12.8 Å². The van der Waals surface area contributed by atoms with Crippen molar-refractivity contribution in [3.8, 4) is 0 Å².